The van der Waals surface area contributed by atoms with Gasteiger partial charge in [0, 0.05) is 6.04 Å². The van der Waals surface area contributed by atoms with E-state index in [0.717, 1.165) is 38.8 Å². The fourth-order valence-corrected chi connectivity index (χ4v) is 4.84. The molecule has 0 aliphatic carbocycles. The van der Waals surface area contributed by atoms with E-state index in [4.69, 9.17) is 0 Å². The Labute approximate surface area is 121 Å². The second kappa shape index (κ2) is 6.43. The van der Waals surface area contributed by atoms with Crippen molar-refractivity contribution in [3.05, 3.63) is 0 Å². The van der Waals surface area contributed by atoms with Gasteiger partial charge in [0.2, 0.25) is 5.91 Å². The number of hydrogen-bond acceptors (Lipinski definition) is 4. The molecule has 0 radical (unpaired) electrons. The second-order valence-electron chi connectivity index (χ2n) is 6.18. The van der Waals surface area contributed by atoms with Gasteiger partial charge in [-0.15, -0.1) is 0 Å². The summed E-state index contributed by atoms with van der Waals surface area (Å²) in [5.74, 6) is 0.561. The maximum atomic E-state index is 12.7. The van der Waals surface area contributed by atoms with Gasteiger partial charge in [-0.25, -0.2) is 8.42 Å². The molecule has 0 unspecified atom stereocenters. The van der Waals surface area contributed by atoms with Crippen molar-refractivity contribution in [1.82, 2.24) is 10.6 Å². The Morgan fingerprint density at radius 2 is 1.85 bits per heavy atom. The van der Waals surface area contributed by atoms with Crippen LogP contribution in [0, 0.1) is 5.41 Å². The van der Waals surface area contributed by atoms with Gasteiger partial charge < -0.3 is 10.6 Å². The van der Waals surface area contributed by atoms with Crippen molar-refractivity contribution in [1.29, 1.82) is 0 Å². The zero-order chi connectivity index (χ0) is 14.6. The van der Waals surface area contributed by atoms with Gasteiger partial charge in [0.05, 0.1) is 16.9 Å². The molecule has 2 rings (SSSR count). The molecule has 2 aliphatic heterocycles. The number of sulfone groups is 1. The molecule has 1 amide bonds. The third-order valence-corrected chi connectivity index (χ3v) is 6.38. The summed E-state index contributed by atoms with van der Waals surface area (Å²) in [5.41, 5.74) is -0.240. The van der Waals surface area contributed by atoms with Crippen LogP contribution in [-0.2, 0) is 14.6 Å². The summed E-state index contributed by atoms with van der Waals surface area (Å²) in [4.78, 5) is 12.7. The topological polar surface area (TPSA) is 75.3 Å². The highest BCUT2D eigenvalue weighted by Gasteiger charge is 2.39. The summed E-state index contributed by atoms with van der Waals surface area (Å²) < 4.78 is 22.9. The minimum Gasteiger partial charge on any atom is -0.353 e. The van der Waals surface area contributed by atoms with E-state index in [0.29, 0.717) is 12.8 Å². The summed E-state index contributed by atoms with van der Waals surface area (Å²) in [6, 6.07) is 0.0367. The van der Waals surface area contributed by atoms with Crippen LogP contribution in [0.3, 0.4) is 0 Å². The monoisotopic (exact) mass is 302 g/mol. The Morgan fingerprint density at radius 3 is 2.40 bits per heavy atom. The molecule has 2 aliphatic rings. The van der Waals surface area contributed by atoms with E-state index in [2.05, 4.69) is 17.6 Å². The molecule has 2 N–H and O–H groups in total. The van der Waals surface area contributed by atoms with Crippen molar-refractivity contribution < 1.29 is 13.2 Å². The molecule has 5 nitrogen and oxygen atoms in total. The first-order chi connectivity index (χ1) is 9.47. The number of carbonyl (C=O) groups is 1. The lowest BCUT2D eigenvalue weighted by Crippen LogP contribution is -2.51. The fourth-order valence-electron chi connectivity index (χ4n) is 3.35. The van der Waals surface area contributed by atoms with Crippen LogP contribution in [-0.4, -0.2) is 45.0 Å². The third-order valence-electron chi connectivity index (χ3n) is 4.66. The Bertz CT molecular complexity index is 422. The van der Waals surface area contributed by atoms with Crippen LogP contribution in [0.2, 0.25) is 0 Å². The van der Waals surface area contributed by atoms with Gasteiger partial charge in [-0.05, 0) is 45.2 Å². The van der Waals surface area contributed by atoms with Crippen LogP contribution in [0.5, 0.6) is 0 Å². The molecule has 0 aromatic rings. The van der Waals surface area contributed by atoms with E-state index in [1.165, 1.54) is 0 Å². The maximum absolute atomic E-state index is 12.7. The zero-order valence-corrected chi connectivity index (χ0v) is 13.1. The predicted molar refractivity (Wildman–Crippen MR) is 79.3 cm³/mol. The maximum Gasteiger partial charge on any atom is 0.226 e. The van der Waals surface area contributed by atoms with Crippen LogP contribution in [0.25, 0.3) is 0 Å². The van der Waals surface area contributed by atoms with Gasteiger partial charge in [-0.3, -0.25) is 4.79 Å². The largest absolute Gasteiger partial charge is 0.353 e. The molecule has 2 fully saturated rings. The molecular weight excluding hydrogens is 276 g/mol. The number of nitrogens with one attached hydrogen (secondary N) is 2. The van der Waals surface area contributed by atoms with Crippen LogP contribution in [0.4, 0.5) is 0 Å². The first-order valence-electron chi connectivity index (χ1n) is 7.69. The third kappa shape index (κ3) is 3.73. The highest BCUT2D eigenvalue weighted by atomic mass is 32.2. The molecule has 0 bridgehead atoms. The summed E-state index contributed by atoms with van der Waals surface area (Å²) in [6.45, 7) is 3.91. The van der Waals surface area contributed by atoms with Gasteiger partial charge in [0.25, 0.3) is 0 Å². The van der Waals surface area contributed by atoms with Gasteiger partial charge in [0.1, 0.15) is 9.84 Å². The number of piperidine rings is 1. The first-order valence-corrected chi connectivity index (χ1v) is 9.52. The van der Waals surface area contributed by atoms with Crippen LogP contribution in [0.1, 0.15) is 45.4 Å². The summed E-state index contributed by atoms with van der Waals surface area (Å²) in [5, 5.41) is 6.43. The Morgan fingerprint density at radius 1 is 1.25 bits per heavy atom. The second-order valence-corrected chi connectivity index (χ2v) is 8.48. The standard InChI is InChI=1S/C14H26N2O3S/c1-2-5-14(6-8-15-9-7-14)13(17)16-12-3-10-20(18,19)11-4-12/h12,15H,2-11H2,1H3,(H,16,17). The molecule has 20 heavy (non-hydrogen) atoms. The quantitative estimate of drug-likeness (QED) is 0.807. The molecule has 0 atom stereocenters. The van der Waals surface area contributed by atoms with Crippen molar-refractivity contribution in [2.75, 3.05) is 24.6 Å². The van der Waals surface area contributed by atoms with Gasteiger partial charge in [-0.1, -0.05) is 13.3 Å². The minimum atomic E-state index is -2.86. The molecule has 0 aromatic heterocycles. The van der Waals surface area contributed by atoms with E-state index in [1.54, 1.807) is 0 Å². The van der Waals surface area contributed by atoms with Crippen molar-refractivity contribution in [3.8, 4) is 0 Å². The normalized spacial score (nSPS) is 26.1. The van der Waals surface area contributed by atoms with Crippen LogP contribution >= 0.6 is 0 Å². The summed E-state index contributed by atoms with van der Waals surface area (Å²) in [6.07, 6.45) is 4.83. The lowest BCUT2D eigenvalue weighted by molar-refractivity contribution is -0.134. The molecule has 0 saturated carbocycles. The van der Waals surface area contributed by atoms with Crippen molar-refractivity contribution in [3.63, 3.8) is 0 Å². The van der Waals surface area contributed by atoms with Crippen LogP contribution < -0.4 is 10.6 Å². The zero-order valence-electron chi connectivity index (χ0n) is 12.3. The summed E-state index contributed by atoms with van der Waals surface area (Å²) >= 11 is 0. The Balaban J connectivity index is 1.95. The van der Waals surface area contributed by atoms with Crippen molar-refractivity contribution in [2.45, 2.75) is 51.5 Å². The molecule has 2 heterocycles. The van der Waals surface area contributed by atoms with Crippen molar-refractivity contribution >= 4 is 15.7 Å². The van der Waals surface area contributed by atoms with Gasteiger partial charge >= 0.3 is 0 Å². The van der Waals surface area contributed by atoms with E-state index in [9.17, 15) is 13.2 Å². The lowest BCUT2D eigenvalue weighted by atomic mass is 9.74. The molecule has 2 saturated heterocycles. The van der Waals surface area contributed by atoms with Crippen molar-refractivity contribution in [2.24, 2.45) is 5.41 Å². The number of hydrogen-bond donors (Lipinski definition) is 2. The SMILES string of the molecule is CCCC1(C(=O)NC2CCS(=O)(=O)CC2)CCNCC1. The van der Waals surface area contributed by atoms with E-state index in [-0.39, 0.29) is 28.9 Å². The van der Waals surface area contributed by atoms with E-state index in [1.807, 2.05) is 0 Å². The molecule has 0 spiro atoms. The number of carbonyl (C=O) groups excluding carboxylic acids is 1. The molecule has 6 heteroatoms. The molecule has 116 valence electrons. The first kappa shape index (κ1) is 15.8. The van der Waals surface area contributed by atoms with Gasteiger partial charge in [-0.2, -0.15) is 0 Å². The van der Waals surface area contributed by atoms with E-state index < -0.39 is 9.84 Å². The smallest absolute Gasteiger partial charge is 0.226 e. The highest BCUT2D eigenvalue weighted by molar-refractivity contribution is 7.91. The van der Waals surface area contributed by atoms with Gasteiger partial charge in [0.15, 0.2) is 0 Å². The number of amides is 1. The Kier molecular flexibility index (Phi) is 5.07. The fraction of sp³-hybridized carbons (Fsp3) is 0.929. The summed E-state index contributed by atoms with van der Waals surface area (Å²) in [7, 11) is -2.86. The average molecular weight is 302 g/mol. The Hall–Kier alpha value is -0.620. The molecular formula is C14H26N2O3S. The van der Waals surface area contributed by atoms with Crippen LogP contribution in [0.15, 0.2) is 0 Å². The highest BCUT2D eigenvalue weighted by Crippen LogP contribution is 2.34. The number of rotatable bonds is 4. The predicted octanol–water partition coefficient (Wildman–Crippen LogP) is 0.850. The average Bonchev–Trinajstić information content (AvgIpc) is 2.42. The molecule has 0 aromatic carbocycles. The lowest BCUT2D eigenvalue weighted by Gasteiger charge is -2.38. The van der Waals surface area contributed by atoms with E-state index >= 15 is 0 Å². The minimum absolute atomic E-state index is 0.0367.